The summed E-state index contributed by atoms with van der Waals surface area (Å²) in [6.07, 6.45) is 1.40. The van der Waals surface area contributed by atoms with Crippen molar-refractivity contribution in [2.24, 2.45) is 5.41 Å². The molecule has 1 atom stereocenters. The lowest BCUT2D eigenvalue weighted by molar-refractivity contribution is 0.0954. The minimum atomic E-state index is -0.245. The van der Waals surface area contributed by atoms with Crippen LogP contribution in [0, 0.1) is 5.41 Å². The summed E-state index contributed by atoms with van der Waals surface area (Å²) >= 11 is 0. The first-order chi connectivity index (χ1) is 6.58. The lowest BCUT2D eigenvalue weighted by atomic mass is 9.90. The van der Waals surface area contributed by atoms with E-state index in [9.17, 15) is 5.11 Å². The van der Waals surface area contributed by atoms with Gasteiger partial charge in [-0.3, -0.25) is 4.90 Å². The van der Waals surface area contributed by atoms with Gasteiger partial charge in [0.2, 0.25) is 0 Å². The molecule has 0 spiro atoms. The Labute approximate surface area is 83.5 Å². The fraction of sp³-hybridized carbons (Fsp3) is 0.700. The SMILES string of the molecule is CC1(C)CN(Cc2ccno2)CC1O. The first-order valence-electron chi connectivity index (χ1n) is 4.88. The van der Waals surface area contributed by atoms with Gasteiger partial charge in [0.05, 0.1) is 18.8 Å². The first kappa shape index (κ1) is 9.68. The highest BCUT2D eigenvalue weighted by Crippen LogP contribution is 2.30. The van der Waals surface area contributed by atoms with E-state index in [4.69, 9.17) is 4.52 Å². The molecule has 0 radical (unpaired) electrons. The molecule has 0 amide bonds. The molecule has 1 unspecified atom stereocenters. The predicted molar refractivity (Wildman–Crippen MR) is 51.6 cm³/mol. The van der Waals surface area contributed by atoms with Crippen LogP contribution >= 0.6 is 0 Å². The molecule has 1 aromatic rings. The normalized spacial score (nSPS) is 26.9. The van der Waals surface area contributed by atoms with Gasteiger partial charge in [-0.05, 0) is 0 Å². The second-order valence-corrected chi connectivity index (χ2v) is 4.65. The summed E-state index contributed by atoms with van der Waals surface area (Å²) in [7, 11) is 0. The Balaban J connectivity index is 1.96. The molecule has 1 aliphatic heterocycles. The van der Waals surface area contributed by atoms with Crippen LogP contribution in [-0.2, 0) is 6.54 Å². The molecule has 0 bridgehead atoms. The molecule has 1 aromatic heterocycles. The molecule has 2 heterocycles. The second-order valence-electron chi connectivity index (χ2n) is 4.65. The van der Waals surface area contributed by atoms with E-state index in [0.29, 0.717) is 6.54 Å². The van der Waals surface area contributed by atoms with Crippen LogP contribution in [0.5, 0.6) is 0 Å². The van der Waals surface area contributed by atoms with Crippen molar-refractivity contribution in [3.8, 4) is 0 Å². The third kappa shape index (κ3) is 1.81. The lowest BCUT2D eigenvalue weighted by Gasteiger charge is -2.20. The van der Waals surface area contributed by atoms with Gasteiger partial charge < -0.3 is 9.63 Å². The largest absolute Gasteiger partial charge is 0.391 e. The van der Waals surface area contributed by atoms with E-state index < -0.39 is 0 Å². The van der Waals surface area contributed by atoms with E-state index in [1.54, 1.807) is 6.20 Å². The summed E-state index contributed by atoms with van der Waals surface area (Å²) < 4.78 is 5.03. The Morgan fingerprint density at radius 3 is 3.00 bits per heavy atom. The Morgan fingerprint density at radius 1 is 1.71 bits per heavy atom. The molecular formula is C10H16N2O2. The zero-order valence-corrected chi connectivity index (χ0v) is 8.60. The van der Waals surface area contributed by atoms with Crippen LogP contribution in [0.4, 0.5) is 0 Å². The van der Waals surface area contributed by atoms with Gasteiger partial charge >= 0.3 is 0 Å². The average molecular weight is 196 g/mol. The Kier molecular flexibility index (Phi) is 2.33. The highest BCUT2D eigenvalue weighted by atomic mass is 16.5. The quantitative estimate of drug-likeness (QED) is 0.762. The summed E-state index contributed by atoms with van der Waals surface area (Å²) in [4.78, 5) is 2.19. The molecule has 1 fully saturated rings. The van der Waals surface area contributed by atoms with Gasteiger partial charge in [0, 0.05) is 24.6 Å². The van der Waals surface area contributed by atoms with Crippen molar-refractivity contribution in [1.82, 2.24) is 10.1 Å². The maximum absolute atomic E-state index is 9.77. The molecule has 78 valence electrons. The Bertz CT molecular complexity index is 295. The average Bonchev–Trinajstić information content (AvgIpc) is 2.62. The van der Waals surface area contributed by atoms with Crippen LogP contribution in [0.25, 0.3) is 0 Å². The van der Waals surface area contributed by atoms with Crippen molar-refractivity contribution < 1.29 is 9.63 Å². The zero-order valence-electron chi connectivity index (χ0n) is 8.60. The molecular weight excluding hydrogens is 180 g/mol. The van der Waals surface area contributed by atoms with Gasteiger partial charge in [-0.25, -0.2) is 0 Å². The highest BCUT2D eigenvalue weighted by Gasteiger charge is 2.38. The second kappa shape index (κ2) is 3.37. The van der Waals surface area contributed by atoms with Gasteiger partial charge in [0.25, 0.3) is 0 Å². The molecule has 0 aromatic carbocycles. The zero-order chi connectivity index (χ0) is 10.2. The van der Waals surface area contributed by atoms with E-state index in [1.807, 2.05) is 6.07 Å². The third-order valence-electron chi connectivity index (χ3n) is 2.84. The summed E-state index contributed by atoms with van der Waals surface area (Å²) in [5.74, 6) is 0.856. The maximum atomic E-state index is 9.77. The Morgan fingerprint density at radius 2 is 2.50 bits per heavy atom. The Hall–Kier alpha value is -0.870. The lowest BCUT2D eigenvalue weighted by Crippen LogP contribution is -2.26. The highest BCUT2D eigenvalue weighted by molar-refractivity contribution is 4.97. The van der Waals surface area contributed by atoms with Crippen molar-refractivity contribution in [3.05, 3.63) is 18.0 Å². The number of hydrogen-bond acceptors (Lipinski definition) is 4. The van der Waals surface area contributed by atoms with Crippen LogP contribution in [0.15, 0.2) is 16.8 Å². The molecule has 1 aliphatic rings. The van der Waals surface area contributed by atoms with Crippen molar-refractivity contribution >= 4 is 0 Å². The fourth-order valence-electron chi connectivity index (χ4n) is 1.90. The number of nitrogens with zero attached hydrogens (tertiary/aromatic N) is 2. The molecule has 0 saturated carbocycles. The molecule has 2 rings (SSSR count). The van der Waals surface area contributed by atoms with Gasteiger partial charge in [-0.15, -0.1) is 0 Å². The van der Waals surface area contributed by atoms with Crippen LogP contribution in [-0.4, -0.2) is 34.4 Å². The topological polar surface area (TPSA) is 49.5 Å². The van der Waals surface area contributed by atoms with Crippen molar-refractivity contribution in [1.29, 1.82) is 0 Å². The van der Waals surface area contributed by atoms with Crippen molar-refractivity contribution in [2.75, 3.05) is 13.1 Å². The number of aliphatic hydroxyl groups excluding tert-OH is 1. The summed E-state index contributed by atoms with van der Waals surface area (Å²) in [6.45, 7) is 6.51. The summed E-state index contributed by atoms with van der Waals surface area (Å²) in [6, 6.07) is 1.86. The smallest absolute Gasteiger partial charge is 0.150 e. The maximum Gasteiger partial charge on any atom is 0.150 e. The minimum Gasteiger partial charge on any atom is -0.391 e. The van der Waals surface area contributed by atoms with Gasteiger partial charge in [-0.1, -0.05) is 19.0 Å². The van der Waals surface area contributed by atoms with E-state index in [1.165, 1.54) is 0 Å². The van der Waals surface area contributed by atoms with Gasteiger partial charge in [0.15, 0.2) is 5.76 Å². The number of aliphatic hydroxyl groups is 1. The number of likely N-dealkylation sites (tertiary alicyclic amines) is 1. The third-order valence-corrected chi connectivity index (χ3v) is 2.84. The van der Waals surface area contributed by atoms with Crippen molar-refractivity contribution in [2.45, 2.75) is 26.5 Å². The van der Waals surface area contributed by atoms with Crippen LogP contribution in [0.3, 0.4) is 0 Å². The number of rotatable bonds is 2. The molecule has 0 aliphatic carbocycles. The molecule has 4 nitrogen and oxygen atoms in total. The standard InChI is InChI=1S/C10H16N2O2/c1-10(2)7-12(6-9(10)13)5-8-3-4-11-14-8/h3-4,9,13H,5-7H2,1-2H3. The number of aromatic nitrogens is 1. The summed E-state index contributed by atoms with van der Waals surface area (Å²) in [5.41, 5.74) is -0.0139. The van der Waals surface area contributed by atoms with Crippen LogP contribution < -0.4 is 0 Å². The predicted octanol–water partition coefficient (Wildman–Crippen LogP) is 0.877. The fourth-order valence-corrected chi connectivity index (χ4v) is 1.90. The molecule has 14 heavy (non-hydrogen) atoms. The summed E-state index contributed by atoms with van der Waals surface area (Å²) in [5, 5.41) is 13.4. The van der Waals surface area contributed by atoms with Crippen molar-refractivity contribution in [3.63, 3.8) is 0 Å². The van der Waals surface area contributed by atoms with Crippen LogP contribution in [0.2, 0.25) is 0 Å². The van der Waals surface area contributed by atoms with E-state index >= 15 is 0 Å². The van der Waals surface area contributed by atoms with E-state index in [-0.39, 0.29) is 11.5 Å². The molecule has 1 N–H and O–H groups in total. The molecule has 1 saturated heterocycles. The van der Waals surface area contributed by atoms with E-state index in [0.717, 1.165) is 18.8 Å². The minimum absolute atomic E-state index is 0.0139. The van der Waals surface area contributed by atoms with Gasteiger partial charge in [-0.2, -0.15) is 0 Å². The monoisotopic (exact) mass is 196 g/mol. The molecule has 4 heteroatoms. The first-order valence-corrected chi connectivity index (χ1v) is 4.88. The number of β-amino-alcohol motifs (C(OH)–C–C–N with tert-alkyl or cyclic N) is 1. The van der Waals surface area contributed by atoms with Crippen LogP contribution in [0.1, 0.15) is 19.6 Å². The van der Waals surface area contributed by atoms with Gasteiger partial charge in [0.1, 0.15) is 0 Å². The number of hydrogen-bond donors (Lipinski definition) is 1. The van der Waals surface area contributed by atoms with E-state index in [2.05, 4.69) is 23.9 Å².